The van der Waals surface area contributed by atoms with Gasteiger partial charge in [0.1, 0.15) is 5.75 Å². The third-order valence-electron chi connectivity index (χ3n) is 4.32. The van der Waals surface area contributed by atoms with Crippen molar-refractivity contribution < 1.29 is 9.53 Å². The highest BCUT2D eigenvalue weighted by molar-refractivity contribution is 5.96. The topological polar surface area (TPSA) is 67.6 Å². The van der Waals surface area contributed by atoms with Crippen molar-refractivity contribution in [3.63, 3.8) is 0 Å². The van der Waals surface area contributed by atoms with Crippen LogP contribution in [-0.4, -0.2) is 25.6 Å². The Morgan fingerprint density at radius 2 is 1.77 bits per heavy atom. The number of hydrogen-bond acceptors (Lipinski definition) is 4. The number of anilines is 3. The van der Waals surface area contributed by atoms with E-state index in [2.05, 4.69) is 37.9 Å². The molecule has 0 aromatic heterocycles. The van der Waals surface area contributed by atoms with E-state index in [1.807, 2.05) is 36.4 Å². The lowest BCUT2D eigenvalue weighted by atomic mass is 10.0. The molecule has 0 heterocycles. The summed E-state index contributed by atoms with van der Waals surface area (Å²) in [6, 6.07) is 13.4. The molecule has 0 aliphatic carbocycles. The molecular formula is C21H29N3O2. The maximum absolute atomic E-state index is 12.3. The van der Waals surface area contributed by atoms with Crippen molar-refractivity contribution in [2.45, 2.75) is 33.6 Å². The third-order valence-corrected chi connectivity index (χ3v) is 4.32. The van der Waals surface area contributed by atoms with Gasteiger partial charge in [-0.05, 0) is 55.7 Å². The first-order valence-corrected chi connectivity index (χ1v) is 9.11. The normalized spacial score (nSPS) is 10.7. The van der Waals surface area contributed by atoms with Gasteiger partial charge in [0.15, 0.2) is 6.61 Å². The second-order valence-corrected chi connectivity index (χ2v) is 6.51. The summed E-state index contributed by atoms with van der Waals surface area (Å²) in [7, 11) is 0. The fourth-order valence-electron chi connectivity index (χ4n) is 2.78. The van der Waals surface area contributed by atoms with Gasteiger partial charge in [0.05, 0.1) is 11.4 Å². The van der Waals surface area contributed by atoms with Gasteiger partial charge in [-0.3, -0.25) is 4.79 Å². The van der Waals surface area contributed by atoms with Crippen molar-refractivity contribution >= 4 is 23.0 Å². The first-order valence-electron chi connectivity index (χ1n) is 9.11. The highest BCUT2D eigenvalue weighted by Crippen LogP contribution is 2.28. The van der Waals surface area contributed by atoms with Crippen LogP contribution in [0.2, 0.25) is 0 Å². The molecule has 0 aliphatic heterocycles. The second kappa shape index (κ2) is 9.13. The Morgan fingerprint density at radius 1 is 1.12 bits per heavy atom. The zero-order chi connectivity index (χ0) is 19.1. The van der Waals surface area contributed by atoms with Gasteiger partial charge in [0.25, 0.3) is 5.91 Å². The van der Waals surface area contributed by atoms with Gasteiger partial charge in [-0.25, -0.2) is 0 Å². The molecular weight excluding hydrogens is 326 g/mol. The van der Waals surface area contributed by atoms with Gasteiger partial charge in [-0.1, -0.05) is 26.0 Å². The first kappa shape index (κ1) is 19.6. The molecule has 2 rings (SSSR count). The van der Waals surface area contributed by atoms with Crippen LogP contribution in [0.5, 0.6) is 5.75 Å². The number of nitrogens with one attached hydrogen (secondary N) is 1. The maximum atomic E-state index is 12.3. The number of nitrogens with two attached hydrogens (primary N) is 1. The minimum absolute atomic E-state index is 0.0481. The summed E-state index contributed by atoms with van der Waals surface area (Å²) >= 11 is 0. The van der Waals surface area contributed by atoms with Crippen molar-refractivity contribution in [1.82, 2.24) is 0 Å². The molecule has 0 saturated heterocycles. The van der Waals surface area contributed by atoms with Crippen LogP contribution < -0.4 is 20.7 Å². The van der Waals surface area contributed by atoms with Crippen LogP contribution in [0, 0.1) is 0 Å². The SMILES string of the molecule is CCN(CC)c1ccc(N)cc1NC(=O)COc1ccc(C(C)C)cc1. The average molecular weight is 355 g/mol. The van der Waals surface area contributed by atoms with E-state index in [4.69, 9.17) is 10.5 Å². The van der Waals surface area contributed by atoms with E-state index in [1.165, 1.54) is 5.56 Å². The minimum atomic E-state index is -0.211. The summed E-state index contributed by atoms with van der Waals surface area (Å²) in [5.74, 6) is 0.937. The number of nitrogen functional groups attached to an aromatic ring is 1. The van der Waals surface area contributed by atoms with Crippen molar-refractivity contribution in [2.75, 3.05) is 35.6 Å². The fourth-order valence-corrected chi connectivity index (χ4v) is 2.78. The number of hydrogen-bond donors (Lipinski definition) is 2. The van der Waals surface area contributed by atoms with Gasteiger partial charge in [0.2, 0.25) is 0 Å². The molecule has 0 saturated carbocycles. The quantitative estimate of drug-likeness (QED) is 0.695. The lowest BCUT2D eigenvalue weighted by Gasteiger charge is -2.24. The molecule has 0 unspecified atom stereocenters. The lowest BCUT2D eigenvalue weighted by molar-refractivity contribution is -0.118. The molecule has 5 nitrogen and oxygen atoms in total. The van der Waals surface area contributed by atoms with E-state index in [-0.39, 0.29) is 12.5 Å². The summed E-state index contributed by atoms with van der Waals surface area (Å²) < 4.78 is 5.60. The molecule has 0 radical (unpaired) electrons. The van der Waals surface area contributed by atoms with E-state index in [0.717, 1.165) is 18.8 Å². The van der Waals surface area contributed by atoms with Crippen LogP contribution in [0.25, 0.3) is 0 Å². The molecule has 0 fully saturated rings. The zero-order valence-electron chi connectivity index (χ0n) is 16.1. The molecule has 140 valence electrons. The Morgan fingerprint density at radius 3 is 2.35 bits per heavy atom. The smallest absolute Gasteiger partial charge is 0.262 e. The number of ether oxygens (including phenoxy) is 1. The predicted molar refractivity (Wildman–Crippen MR) is 109 cm³/mol. The van der Waals surface area contributed by atoms with E-state index in [1.54, 1.807) is 6.07 Å². The largest absolute Gasteiger partial charge is 0.484 e. The molecule has 26 heavy (non-hydrogen) atoms. The van der Waals surface area contributed by atoms with Gasteiger partial charge in [-0.2, -0.15) is 0 Å². The number of carbonyl (C=O) groups is 1. The number of nitrogens with zero attached hydrogens (tertiary/aromatic N) is 1. The van der Waals surface area contributed by atoms with Crippen LogP contribution in [0.3, 0.4) is 0 Å². The Labute approximate surface area is 156 Å². The van der Waals surface area contributed by atoms with Crippen molar-refractivity contribution in [3.8, 4) is 5.75 Å². The van der Waals surface area contributed by atoms with E-state index >= 15 is 0 Å². The zero-order valence-corrected chi connectivity index (χ0v) is 16.1. The highest BCUT2D eigenvalue weighted by Gasteiger charge is 2.12. The molecule has 0 spiro atoms. The van der Waals surface area contributed by atoms with Crippen molar-refractivity contribution in [3.05, 3.63) is 48.0 Å². The van der Waals surface area contributed by atoms with Gasteiger partial charge in [-0.15, -0.1) is 0 Å². The van der Waals surface area contributed by atoms with Crippen molar-refractivity contribution in [2.24, 2.45) is 0 Å². The summed E-state index contributed by atoms with van der Waals surface area (Å²) in [6.07, 6.45) is 0. The molecule has 0 aliphatic rings. The van der Waals surface area contributed by atoms with E-state index in [0.29, 0.717) is 23.0 Å². The molecule has 0 atom stereocenters. The molecule has 0 bridgehead atoms. The molecule has 2 aromatic rings. The third kappa shape index (κ3) is 5.15. The van der Waals surface area contributed by atoms with E-state index in [9.17, 15) is 4.79 Å². The van der Waals surface area contributed by atoms with Crippen LogP contribution in [0.15, 0.2) is 42.5 Å². The Kier molecular flexibility index (Phi) is 6.89. The van der Waals surface area contributed by atoms with Crippen molar-refractivity contribution in [1.29, 1.82) is 0 Å². The van der Waals surface area contributed by atoms with Crippen LogP contribution in [0.4, 0.5) is 17.1 Å². The molecule has 2 aromatic carbocycles. The van der Waals surface area contributed by atoms with Gasteiger partial charge in [0, 0.05) is 18.8 Å². The lowest BCUT2D eigenvalue weighted by Crippen LogP contribution is -2.26. The first-order chi connectivity index (χ1) is 12.4. The Hall–Kier alpha value is -2.69. The average Bonchev–Trinajstić information content (AvgIpc) is 2.63. The summed E-state index contributed by atoms with van der Waals surface area (Å²) in [5.41, 5.74) is 9.41. The van der Waals surface area contributed by atoms with Crippen LogP contribution in [0.1, 0.15) is 39.2 Å². The predicted octanol–water partition coefficient (Wildman–Crippen LogP) is 4.26. The summed E-state index contributed by atoms with van der Waals surface area (Å²) in [5, 5.41) is 2.91. The van der Waals surface area contributed by atoms with Gasteiger partial charge >= 0.3 is 0 Å². The minimum Gasteiger partial charge on any atom is -0.484 e. The molecule has 1 amide bonds. The molecule has 5 heteroatoms. The van der Waals surface area contributed by atoms with E-state index < -0.39 is 0 Å². The van der Waals surface area contributed by atoms with Crippen LogP contribution in [-0.2, 0) is 4.79 Å². The standard InChI is InChI=1S/C21H29N3O2/c1-5-24(6-2)20-12-9-17(22)13-19(20)23-21(25)14-26-18-10-7-16(8-11-18)15(3)4/h7-13,15H,5-6,14,22H2,1-4H3,(H,23,25). The maximum Gasteiger partial charge on any atom is 0.262 e. The monoisotopic (exact) mass is 355 g/mol. The van der Waals surface area contributed by atoms with Crippen LogP contribution >= 0.6 is 0 Å². The number of amides is 1. The fraction of sp³-hybridized carbons (Fsp3) is 0.381. The number of carbonyl (C=O) groups excluding carboxylic acids is 1. The van der Waals surface area contributed by atoms with Gasteiger partial charge < -0.3 is 20.7 Å². The summed E-state index contributed by atoms with van der Waals surface area (Å²) in [6.45, 7) is 10.1. The Bertz CT molecular complexity index is 723. The number of benzene rings is 2. The Balaban J connectivity index is 2.02. The molecule has 3 N–H and O–H groups in total. The highest BCUT2D eigenvalue weighted by atomic mass is 16.5. The summed E-state index contributed by atoms with van der Waals surface area (Å²) in [4.78, 5) is 14.5. The second-order valence-electron chi connectivity index (χ2n) is 6.51. The number of rotatable bonds is 8.